The average Bonchev–Trinajstić information content (AvgIpc) is 2.87. The van der Waals surface area contributed by atoms with E-state index in [0.717, 1.165) is 5.56 Å². The Bertz CT molecular complexity index is 1350. The van der Waals surface area contributed by atoms with E-state index in [1.54, 1.807) is 52.8 Å². The summed E-state index contributed by atoms with van der Waals surface area (Å²) in [6.45, 7) is 7.04. The lowest BCUT2D eigenvalue weighted by Gasteiger charge is -2.42. The number of anilines is 1. The normalized spacial score (nSPS) is 19.0. The van der Waals surface area contributed by atoms with E-state index < -0.39 is 17.9 Å². The minimum atomic E-state index is -0.896. The highest BCUT2D eigenvalue weighted by Gasteiger charge is 2.45. The summed E-state index contributed by atoms with van der Waals surface area (Å²) in [5, 5.41) is 10.2. The summed E-state index contributed by atoms with van der Waals surface area (Å²) in [6, 6.07) is 17.1. The molecule has 2 amide bonds. The van der Waals surface area contributed by atoms with E-state index >= 15 is 0 Å². The summed E-state index contributed by atoms with van der Waals surface area (Å²) in [6.07, 6.45) is 0. The summed E-state index contributed by atoms with van der Waals surface area (Å²) in [5.74, 6) is -0.661. The zero-order valence-corrected chi connectivity index (χ0v) is 21.0. The fourth-order valence-corrected chi connectivity index (χ4v) is 5.48. The van der Waals surface area contributed by atoms with Crippen LogP contribution in [-0.2, 0) is 10.2 Å². The number of nitrogens with one attached hydrogen (secondary N) is 1. The zero-order chi connectivity index (χ0) is 25.6. The van der Waals surface area contributed by atoms with E-state index in [9.17, 15) is 14.8 Å². The molecule has 186 valence electrons. The second kappa shape index (κ2) is 9.15. The highest BCUT2D eigenvalue weighted by atomic mass is 35.5. The molecule has 3 aromatic rings. The molecule has 0 radical (unpaired) electrons. The van der Waals surface area contributed by atoms with Gasteiger partial charge in [0.2, 0.25) is 0 Å². The summed E-state index contributed by atoms with van der Waals surface area (Å²) in [7, 11) is 0. The second-order valence-corrected chi connectivity index (χ2v) is 10.4. The number of hydrogen-bond donors (Lipinski definition) is 2. The number of halogens is 1. The fourth-order valence-electron chi connectivity index (χ4n) is 5.02. The van der Waals surface area contributed by atoms with Crippen molar-refractivity contribution >= 4 is 29.1 Å². The van der Waals surface area contributed by atoms with Gasteiger partial charge in [0.15, 0.2) is 11.5 Å². The predicted octanol–water partition coefficient (Wildman–Crippen LogP) is 5.40. The number of nitrogens with zero attached hydrogens (tertiary/aromatic N) is 1. The highest BCUT2D eigenvalue weighted by Crippen LogP contribution is 2.47. The van der Waals surface area contributed by atoms with Crippen molar-refractivity contribution in [3.05, 3.63) is 87.9 Å². The number of ether oxygens (including phenoxy) is 2. The third kappa shape index (κ3) is 4.08. The van der Waals surface area contributed by atoms with Crippen molar-refractivity contribution in [3.8, 4) is 11.5 Å². The molecule has 0 bridgehead atoms. The molecule has 7 nitrogen and oxygen atoms in total. The molecular weight excluding hydrogens is 480 g/mol. The van der Waals surface area contributed by atoms with Crippen molar-refractivity contribution in [1.82, 2.24) is 5.48 Å². The Balaban J connectivity index is 1.73. The first-order valence-corrected chi connectivity index (χ1v) is 12.1. The summed E-state index contributed by atoms with van der Waals surface area (Å²) >= 11 is 6.70. The van der Waals surface area contributed by atoms with E-state index in [1.165, 1.54) is 0 Å². The van der Waals surface area contributed by atoms with Gasteiger partial charge in [-0.25, -0.2) is 5.48 Å². The fraction of sp³-hybridized carbons (Fsp3) is 0.286. The molecule has 8 heteroatoms. The van der Waals surface area contributed by atoms with Crippen molar-refractivity contribution in [1.29, 1.82) is 0 Å². The summed E-state index contributed by atoms with van der Waals surface area (Å²) < 4.78 is 11.5. The van der Waals surface area contributed by atoms with Gasteiger partial charge in [0.05, 0.1) is 12.0 Å². The molecule has 2 aliphatic heterocycles. The lowest BCUT2D eigenvalue weighted by Crippen LogP contribution is -2.47. The number of benzene rings is 3. The van der Waals surface area contributed by atoms with Crippen LogP contribution in [0.1, 0.15) is 59.8 Å². The van der Waals surface area contributed by atoms with Crippen molar-refractivity contribution < 1.29 is 24.3 Å². The second-order valence-electron chi connectivity index (χ2n) is 9.98. The predicted molar refractivity (Wildman–Crippen MR) is 136 cm³/mol. The van der Waals surface area contributed by atoms with E-state index in [0.29, 0.717) is 52.1 Å². The topological polar surface area (TPSA) is 88.1 Å². The van der Waals surface area contributed by atoms with Gasteiger partial charge < -0.3 is 9.47 Å². The van der Waals surface area contributed by atoms with Crippen LogP contribution in [0.15, 0.2) is 60.7 Å². The molecule has 0 aromatic heterocycles. The van der Waals surface area contributed by atoms with Crippen LogP contribution in [0.3, 0.4) is 0 Å². The summed E-state index contributed by atoms with van der Waals surface area (Å²) in [4.78, 5) is 28.7. The Morgan fingerprint density at radius 3 is 2.44 bits per heavy atom. The van der Waals surface area contributed by atoms with Crippen LogP contribution in [0.2, 0.25) is 5.02 Å². The maximum atomic E-state index is 14.0. The zero-order valence-electron chi connectivity index (χ0n) is 20.2. The Hall–Kier alpha value is -3.55. The number of fused-ring (bicyclic) bond motifs is 2. The number of hydrogen-bond acceptors (Lipinski definition) is 5. The van der Waals surface area contributed by atoms with Gasteiger partial charge in [-0.15, -0.1) is 0 Å². The minimum Gasteiger partial charge on any atom is -0.486 e. The number of rotatable bonds is 3. The lowest BCUT2D eigenvalue weighted by molar-refractivity contribution is -0.131. The Morgan fingerprint density at radius 2 is 1.75 bits per heavy atom. The number of carbonyl (C=O) groups is 2. The van der Waals surface area contributed by atoms with Crippen LogP contribution < -0.4 is 19.9 Å². The van der Waals surface area contributed by atoms with E-state index in [-0.39, 0.29) is 11.3 Å². The maximum Gasteiger partial charge on any atom is 0.259 e. The largest absolute Gasteiger partial charge is 0.486 e. The molecule has 0 unspecified atom stereocenters. The van der Waals surface area contributed by atoms with Crippen molar-refractivity contribution in [2.24, 2.45) is 0 Å². The molecular formula is C28H27ClN2O5. The smallest absolute Gasteiger partial charge is 0.259 e. The van der Waals surface area contributed by atoms with Gasteiger partial charge in [0, 0.05) is 16.3 Å². The number of amides is 2. The van der Waals surface area contributed by atoms with Gasteiger partial charge in [-0.05, 0) is 52.4 Å². The van der Waals surface area contributed by atoms with E-state index in [1.807, 2.05) is 18.2 Å². The van der Waals surface area contributed by atoms with Gasteiger partial charge in [-0.1, -0.05) is 62.7 Å². The van der Waals surface area contributed by atoms with Gasteiger partial charge >= 0.3 is 0 Å². The van der Waals surface area contributed by atoms with Crippen LogP contribution in [0.5, 0.6) is 11.5 Å². The molecule has 5 rings (SSSR count). The van der Waals surface area contributed by atoms with Crippen LogP contribution in [0.25, 0.3) is 0 Å². The monoisotopic (exact) mass is 506 g/mol. The molecule has 2 heterocycles. The lowest BCUT2D eigenvalue weighted by atomic mass is 9.78. The van der Waals surface area contributed by atoms with Gasteiger partial charge in [0.25, 0.3) is 11.8 Å². The van der Waals surface area contributed by atoms with Crippen molar-refractivity contribution in [2.45, 2.75) is 38.1 Å². The third-order valence-corrected chi connectivity index (χ3v) is 6.99. The van der Waals surface area contributed by atoms with Crippen LogP contribution >= 0.6 is 11.6 Å². The first kappa shape index (κ1) is 24.2. The first-order chi connectivity index (χ1) is 17.2. The molecule has 0 fully saturated rings. The minimum absolute atomic E-state index is 0.192. The molecule has 0 aliphatic carbocycles. The van der Waals surface area contributed by atoms with Gasteiger partial charge in [-0.2, -0.15) is 0 Å². The Kier molecular flexibility index (Phi) is 6.14. The van der Waals surface area contributed by atoms with E-state index in [4.69, 9.17) is 21.1 Å². The van der Waals surface area contributed by atoms with Crippen molar-refractivity contribution in [3.63, 3.8) is 0 Å². The first-order valence-electron chi connectivity index (χ1n) is 11.8. The maximum absolute atomic E-state index is 14.0. The molecule has 0 saturated carbocycles. The standard InChI is InChI=1S/C28H27ClN2O5/c1-28(2,3)20-10-9-17(15-21(20)29)31-25(16-8-11-22-23(14-16)36-13-12-35-22)24(26(32)30-34)18-6-4-5-7-19(18)27(31)33/h4-11,14-15,24-25,34H,12-13H2,1-3H3,(H,30,32)/t24-,25+/m1/s1. The Morgan fingerprint density at radius 1 is 1.03 bits per heavy atom. The molecule has 0 spiro atoms. The van der Waals surface area contributed by atoms with Gasteiger partial charge in [0.1, 0.15) is 13.2 Å². The van der Waals surface area contributed by atoms with Crippen LogP contribution in [0.4, 0.5) is 5.69 Å². The highest BCUT2D eigenvalue weighted by molar-refractivity contribution is 6.32. The average molecular weight is 507 g/mol. The van der Waals surface area contributed by atoms with Crippen molar-refractivity contribution in [2.75, 3.05) is 18.1 Å². The molecule has 0 saturated heterocycles. The third-order valence-electron chi connectivity index (χ3n) is 6.68. The summed E-state index contributed by atoms with van der Waals surface area (Å²) in [5.41, 5.74) is 4.68. The van der Waals surface area contributed by atoms with Crippen LogP contribution in [-0.4, -0.2) is 30.2 Å². The Labute approximate surface area is 214 Å². The SMILES string of the molecule is CC(C)(C)c1ccc(N2C(=O)c3ccccc3[C@@H](C(=O)NO)[C@@H]2c2ccc3c(c2)OCCO3)cc1Cl. The molecule has 2 N–H and O–H groups in total. The van der Waals surface area contributed by atoms with E-state index in [2.05, 4.69) is 20.8 Å². The molecule has 36 heavy (non-hydrogen) atoms. The number of carbonyl (C=O) groups excluding carboxylic acids is 2. The molecule has 3 aromatic carbocycles. The van der Waals surface area contributed by atoms with Gasteiger partial charge in [-0.3, -0.25) is 19.7 Å². The quantitative estimate of drug-likeness (QED) is 0.367. The number of hydroxylamine groups is 1. The molecule has 2 atom stereocenters. The molecule has 2 aliphatic rings. The van der Waals surface area contributed by atoms with Crippen LogP contribution in [0, 0.1) is 0 Å².